The summed E-state index contributed by atoms with van der Waals surface area (Å²) in [6.07, 6.45) is 1.31. The van der Waals surface area contributed by atoms with E-state index in [1.54, 1.807) is 0 Å². The van der Waals surface area contributed by atoms with Gasteiger partial charge < -0.3 is 15.6 Å². The minimum atomic E-state index is 0.538. The van der Waals surface area contributed by atoms with Crippen LogP contribution in [-0.2, 0) is 6.54 Å². The summed E-state index contributed by atoms with van der Waals surface area (Å²) >= 11 is 2.22. The number of rotatable bonds is 3. The highest BCUT2D eigenvalue weighted by atomic mass is 127. The maximum atomic E-state index is 5.65. The third-order valence-electron chi connectivity index (χ3n) is 1.84. The first kappa shape index (κ1) is 10.2. The zero-order valence-electron chi connectivity index (χ0n) is 7.77. The van der Waals surface area contributed by atoms with Gasteiger partial charge >= 0.3 is 0 Å². The molecule has 0 spiro atoms. The van der Waals surface area contributed by atoms with Crippen molar-refractivity contribution in [1.29, 1.82) is 0 Å². The Labute approximate surface area is 100 Å². The van der Waals surface area contributed by atoms with Gasteiger partial charge in [-0.05, 0) is 40.8 Å². The molecular formula is C9H9IN4O. The lowest BCUT2D eigenvalue weighted by molar-refractivity contribution is 0.411. The number of nitrogens with one attached hydrogen (secondary N) is 1. The van der Waals surface area contributed by atoms with Crippen molar-refractivity contribution in [2.75, 3.05) is 11.1 Å². The first-order valence-electron chi connectivity index (χ1n) is 4.30. The summed E-state index contributed by atoms with van der Waals surface area (Å²) in [4.78, 5) is 3.91. The molecule has 1 aromatic heterocycles. The molecule has 2 rings (SSSR count). The lowest BCUT2D eigenvalue weighted by Gasteiger charge is -2.06. The van der Waals surface area contributed by atoms with Gasteiger partial charge in [0.05, 0.1) is 6.54 Å². The van der Waals surface area contributed by atoms with E-state index in [0.717, 1.165) is 14.9 Å². The minimum absolute atomic E-state index is 0.538. The van der Waals surface area contributed by atoms with Crippen molar-refractivity contribution < 1.29 is 4.52 Å². The Kier molecular flexibility index (Phi) is 3.05. The fourth-order valence-corrected chi connectivity index (χ4v) is 1.85. The molecule has 0 saturated carbocycles. The Bertz CT molecular complexity index is 443. The summed E-state index contributed by atoms with van der Waals surface area (Å²) in [5.74, 6) is 0.627. The van der Waals surface area contributed by atoms with Crippen molar-refractivity contribution in [2.45, 2.75) is 6.54 Å². The molecule has 15 heavy (non-hydrogen) atoms. The van der Waals surface area contributed by atoms with Gasteiger partial charge in [-0.2, -0.15) is 4.98 Å². The largest absolute Gasteiger partial charge is 0.399 e. The maximum absolute atomic E-state index is 5.65. The van der Waals surface area contributed by atoms with Crippen molar-refractivity contribution >= 4 is 34.0 Å². The quantitative estimate of drug-likeness (QED) is 0.668. The Hall–Kier alpha value is -1.31. The van der Waals surface area contributed by atoms with Crippen molar-refractivity contribution in [3.05, 3.63) is 34.0 Å². The van der Waals surface area contributed by atoms with Gasteiger partial charge in [0.1, 0.15) is 0 Å². The van der Waals surface area contributed by atoms with Gasteiger partial charge in [-0.15, -0.1) is 0 Å². The Morgan fingerprint density at radius 3 is 3.00 bits per heavy atom. The first-order valence-corrected chi connectivity index (χ1v) is 5.38. The van der Waals surface area contributed by atoms with Crippen molar-refractivity contribution in [3.63, 3.8) is 0 Å². The highest BCUT2D eigenvalue weighted by molar-refractivity contribution is 14.1. The summed E-state index contributed by atoms with van der Waals surface area (Å²) in [7, 11) is 0. The van der Waals surface area contributed by atoms with Gasteiger partial charge in [-0.25, -0.2) is 0 Å². The SMILES string of the molecule is Nc1ccc(NCc2ncon2)c(I)c1. The fourth-order valence-electron chi connectivity index (χ4n) is 1.12. The van der Waals surface area contributed by atoms with E-state index in [1.165, 1.54) is 6.39 Å². The van der Waals surface area contributed by atoms with Crippen LogP contribution in [0.4, 0.5) is 11.4 Å². The molecule has 0 fully saturated rings. The first-order chi connectivity index (χ1) is 7.25. The highest BCUT2D eigenvalue weighted by Crippen LogP contribution is 2.20. The normalized spacial score (nSPS) is 10.2. The molecular weight excluding hydrogens is 307 g/mol. The monoisotopic (exact) mass is 316 g/mol. The fraction of sp³-hybridized carbons (Fsp3) is 0.111. The number of hydrogen-bond donors (Lipinski definition) is 2. The summed E-state index contributed by atoms with van der Waals surface area (Å²) in [5, 5.41) is 6.90. The standard InChI is InChI=1S/C9H9IN4O/c10-7-3-6(11)1-2-8(7)12-4-9-13-5-15-14-9/h1-3,5,12H,4,11H2. The molecule has 0 radical (unpaired) electrons. The minimum Gasteiger partial charge on any atom is -0.399 e. The number of nitrogens with two attached hydrogens (primary N) is 1. The van der Waals surface area contributed by atoms with Crippen LogP contribution in [0.3, 0.4) is 0 Å². The van der Waals surface area contributed by atoms with Crippen molar-refractivity contribution in [3.8, 4) is 0 Å². The van der Waals surface area contributed by atoms with Gasteiger partial charge in [0, 0.05) is 14.9 Å². The summed E-state index contributed by atoms with van der Waals surface area (Å²) in [5.41, 5.74) is 7.41. The molecule has 0 atom stereocenters. The maximum Gasteiger partial charge on any atom is 0.213 e. The molecule has 0 bridgehead atoms. The topological polar surface area (TPSA) is 77.0 Å². The van der Waals surface area contributed by atoms with Crippen LogP contribution in [0.5, 0.6) is 0 Å². The van der Waals surface area contributed by atoms with Gasteiger partial charge in [0.15, 0.2) is 5.82 Å². The number of hydrogen-bond acceptors (Lipinski definition) is 5. The third-order valence-corrected chi connectivity index (χ3v) is 2.73. The number of halogens is 1. The molecule has 0 aliphatic carbocycles. The van der Waals surface area contributed by atoms with Gasteiger partial charge in [0.25, 0.3) is 0 Å². The lowest BCUT2D eigenvalue weighted by Crippen LogP contribution is -2.02. The Morgan fingerprint density at radius 2 is 2.33 bits per heavy atom. The second kappa shape index (κ2) is 4.47. The van der Waals surface area contributed by atoms with E-state index in [2.05, 4.69) is 42.6 Å². The summed E-state index contributed by atoms with van der Waals surface area (Å²) in [6, 6.07) is 5.68. The third kappa shape index (κ3) is 2.58. The van der Waals surface area contributed by atoms with Gasteiger partial charge in [0.2, 0.25) is 6.39 Å². The van der Waals surface area contributed by atoms with E-state index in [9.17, 15) is 0 Å². The molecule has 1 aromatic carbocycles. The zero-order chi connectivity index (χ0) is 10.7. The zero-order valence-corrected chi connectivity index (χ0v) is 9.93. The molecule has 0 amide bonds. The molecule has 2 aromatic rings. The number of aromatic nitrogens is 2. The molecule has 5 nitrogen and oxygen atoms in total. The van der Waals surface area contributed by atoms with Crippen LogP contribution in [0.25, 0.3) is 0 Å². The van der Waals surface area contributed by atoms with Crippen molar-refractivity contribution in [1.82, 2.24) is 10.1 Å². The number of anilines is 2. The molecule has 6 heteroatoms. The van der Waals surface area contributed by atoms with Crippen molar-refractivity contribution in [2.24, 2.45) is 0 Å². The second-order valence-corrected chi connectivity index (χ2v) is 4.10. The lowest BCUT2D eigenvalue weighted by atomic mass is 10.3. The highest BCUT2D eigenvalue weighted by Gasteiger charge is 2.01. The van der Waals surface area contributed by atoms with Crippen LogP contribution in [-0.4, -0.2) is 10.1 Å². The van der Waals surface area contributed by atoms with Crippen LogP contribution < -0.4 is 11.1 Å². The molecule has 0 saturated heterocycles. The molecule has 3 N–H and O–H groups in total. The predicted octanol–water partition coefficient (Wildman–Crippen LogP) is 1.87. The van der Waals surface area contributed by atoms with Crippen LogP contribution in [0.15, 0.2) is 29.1 Å². The second-order valence-electron chi connectivity index (χ2n) is 2.94. The number of benzene rings is 1. The molecule has 78 valence electrons. The smallest absolute Gasteiger partial charge is 0.213 e. The predicted molar refractivity (Wildman–Crippen MR) is 65.2 cm³/mol. The molecule has 0 aliphatic heterocycles. The van der Waals surface area contributed by atoms with Crippen LogP contribution in [0.2, 0.25) is 0 Å². The number of nitrogen functional groups attached to an aromatic ring is 1. The van der Waals surface area contributed by atoms with E-state index in [1.807, 2.05) is 18.2 Å². The molecule has 0 unspecified atom stereocenters. The Balaban J connectivity index is 2.05. The van der Waals surface area contributed by atoms with Crippen LogP contribution in [0.1, 0.15) is 5.82 Å². The molecule has 1 heterocycles. The Morgan fingerprint density at radius 1 is 1.47 bits per heavy atom. The van der Waals surface area contributed by atoms with E-state index >= 15 is 0 Å². The van der Waals surface area contributed by atoms with Crippen LogP contribution in [0, 0.1) is 3.57 Å². The van der Waals surface area contributed by atoms with Crippen LogP contribution >= 0.6 is 22.6 Å². The summed E-state index contributed by atoms with van der Waals surface area (Å²) in [6.45, 7) is 0.538. The van der Waals surface area contributed by atoms with E-state index in [0.29, 0.717) is 12.4 Å². The number of nitrogens with zero attached hydrogens (tertiary/aromatic N) is 2. The average molecular weight is 316 g/mol. The van der Waals surface area contributed by atoms with E-state index < -0.39 is 0 Å². The van der Waals surface area contributed by atoms with Gasteiger partial charge in [-0.1, -0.05) is 5.16 Å². The average Bonchev–Trinajstić information content (AvgIpc) is 2.69. The van der Waals surface area contributed by atoms with Gasteiger partial charge in [-0.3, -0.25) is 0 Å². The molecule has 0 aliphatic rings. The summed E-state index contributed by atoms with van der Waals surface area (Å²) < 4.78 is 5.70. The van der Waals surface area contributed by atoms with E-state index in [-0.39, 0.29) is 0 Å². The van der Waals surface area contributed by atoms with E-state index in [4.69, 9.17) is 5.73 Å².